The second kappa shape index (κ2) is 7.55. The Kier molecular flexibility index (Phi) is 5.16. The normalized spacial score (nSPS) is 10.8. The summed E-state index contributed by atoms with van der Waals surface area (Å²) in [7, 11) is 1.40. The highest BCUT2D eigenvalue weighted by Gasteiger charge is 2.23. The van der Waals surface area contributed by atoms with Crippen molar-refractivity contribution in [3.63, 3.8) is 0 Å². The third-order valence-corrected chi connectivity index (χ3v) is 4.07. The zero-order chi connectivity index (χ0) is 20.4. The summed E-state index contributed by atoms with van der Waals surface area (Å²) in [5.74, 6) is -2.32. The van der Waals surface area contributed by atoms with Crippen molar-refractivity contribution in [2.24, 2.45) is 0 Å². The lowest BCUT2D eigenvalue weighted by Gasteiger charge is -2.11. The number of esters is 2. The van der Waals surface area contributed by atoms with Crippen molar-refractivity contribution in [3.8, 4) is 5.75 Å². The summed E-state index contributed by atoms with van der Waals surface area (Å²) in [6.07, 6.45) is 0. The number of pyridine rings is 1. The second-order valence-corrected chi connectivity index (χ2v) is 5.75. The van der Waals surface area contributed by atoms with E-state index >= 15 is 0 Å². The number of carboxylic acids is 1. The molecule has 2 aromatic heterocycles. The number of benzene rings is 1. The molecule has 3 rings (SSSR count). The molecule has 0 atom stereocenters. The van der Waals surface area contributed by atoms with E-state index < -0.39 is 17.9 Å². The number of hydrogen-bond donors (Lipinski definition) is 2. The second-order valence-electron chi connectivity index (χ2n) is 5.75. The van der Waals surface area contributed by atoms with Gasteiger partial charge in [-0.3, -0.25) is 0 Å². The summed E-state index contributed by atoms with van der Waals surface area (Å²) in [6.45, 7) is 3.64. The molecule has 0 aliphatic rings. The number of nitrogens with one attached hydrogen (secondary N) is 1. The van der Waals surface area contributed by atoms with Crippen LogP contribution in [0.15, 0.2) is 18.2 Å². The molecule has 9 nitrogen and oxygen atoms in total. The van der Waals surface area contributed by atoms with Crippen molar-refractivity contribution >= 4 is 39.7 Å². The maximum atomic E-state index is 12.1. The molecule has 0 saturated heterocycles. The van der Waals surface area contributed by atoms with Crippen LogP contribution in [0.1, 0.15) is 45.2 Å². The number of fused-ring (bicyclic) bond motifs is 3. The summed E-state index contributed by atoms with van der Waals surface area (Å²) >= 11 is 0. The Hall–Kier alpha value is -3.62. The van der Waals surface area contributed by atoms with Gasteiger partial charge < -0.3 is 24.3 Å². The molecule has 2 heterocycles. The summed E-state index contributed by atoms with van der Waals surface area (Å²) in [6, 6.07) is 4.29. The fraction of sp³-hybridized carbons (Fsp3) is 0.263. The van der Waals surface area contributed by atoms with Gasteiger partial charge >= 0.3 is 17.9 Å². The Labute approximate surface area is 159 Å². The fourth-order valence-corrected chi connectivity index (χ4v) is 2.93. The molecule has 0 aliphatic carbocycles. The Morgan fingerprint density at radius 2 is 1.75 bits per heavy atom. The maximum Gasteiger partial charge on any atom is 0.356 e. The minimum atomic E-state index is -1.26. The average molecular weight is 386 g/mol. The summed E-state index contributed by atoms with van der Waals surface area (Å²) in [5, 5.41) is 10.5. The quantitative estimate of drug-likeness (QED) is 0.619. The molecular weight excluding hydrogens is 368 g/mol. The largest absolute Gasteiger partial charge is 0.494 e. The van der Waals surface area contributed by atoms with E-state index in [1.807, 2.05) is 0 Å². The molecule has 28 heavy (non-hydrogen) atoms. The highest BCUT2D eigenvalue weighted by Crippen LogP contribution is 2.35. The van der Waals surface area contributed by atoms with E-state index in [-0.39, 0.29) is 46.8 Å². The number of H-pyrrole nitrogens is 1. The smallest absolute Gasteiger partial charge is 0.356 e. The van der Waals surface area contributed by atoms with Gasteiger partial charge in [-0.15, -0.1) is 0 Å². The number of methoxy groups -OCH3 is 1. The first-order chi connectivity index (χ1) is 13.4. The zero-order valence-electron chi connectivity index (χ0n) is 15.5. The first-order valence-corrected chi connectivity index (χ1v) is 8.53. The zero-order valence-corrected chi connectivity index (χ0v) is 15.5. The van der Waals surface area contributed by atoms with Gasteiger partial charge in [-0.05, 0) is 32.0 Å². The van der Waals surface area contributed by atoms with Crippen LogP contribution in [-0.4, -0.2) is 53.3 Å². The van der Waals surface area contributed by atoms with Crippen LogP contribution >= 0.6 is 0 Å². The molecule has 1 aromatic carbocycles. The lowest BCUT2D eigenvalue weighted by Crippen LogP contribution is -2.10. The van der Waals surface area contributed by atoms with Gasteiger partial charge in [-0.1, -0.05) is 0 Å². The number of hydrogen-bond acceptors (Lipinski definition) is 7. The van der Waals surface area contributed by atoms with Gasteiger partial charge in [0, 0.05) is 10.8 Å². The molecule has 0 amide bonds. The monoisotopic (exact) mass is 386 g/mol. The Bertz CT molecular complexity index is 1100. The Morgan fingerprint density at radius 1 is 1.07 bits per heavy atom. The molecule has 0 aliphatic heterocycles. The van der Waals surface area contributed by atoms with Gasteiger partial charge in [-0.2, -0.15) is 0 Å². The van der Waals surface area contributed by atoms with Crippen LogP contribution in [0.25, 0.3) is 21.8 Å². The molecular formula is C19H18N2O7. The molecule has 0 fully saturated rings. The molecule has 0 spiro atoms. The van der Waals surface area contributed by atoms with E-state index in [9.17, 15) is 19.5 Å². The van der Waals surface area contributed by atoms with Crippen molar-refractivity contribution in [2.45, 2.75) is 13.8 Å². The van der Waals surface area contributed by atoms with E-state index in [4.69, 9.17) is 14.2 Å². The first kappa shape index (κ1) is 19.2. The number of aromatic carboxylic acids is 1. The number of ether oxygens (including phenoxy) is 3. The summed E-state index contributed by atoms with van der Waals surface area (Å²) in [4.78, 5) is 43.2. The van der Waals surface area contributed by atoms with Crippen LogP contribution in [0.3, 0.4) is 0 Å². The highest BCUT2D eigenvalue weighted by atomic mass is 16.5. The van der Waals surface area contributed by atoms with Gasteiger partial charge in [-0.25, -0.2) is 19.4 Å². The SMILES string of the molecule is CCOC(=O)c1cc(C(=O)O)c2c(n1)c(OC)cc1cc(C(=O)OCC)[nH]c12. The summed E-state index contributed by atoms with van der Waals surface area (Å²) in [5.41, 5.74) is 0.377. The van der Waals surface area contributed by atoms with Crippen molar-refractivity contribution < 1.29 is 33.7 Å². The minimum Gasteiger partial charge on any atom is -0.494 e. The fourth-order valence-electron chi connectivity index (χ4n) is 2.93. The number of carbonyl (C=O) groups is 3. The standard InChI is InChI=1S/C19H18N2O7/c1-4-27-18(24)11-6-9-7-13(26-3)16-14(15(9)20-11)10(17(22)23)8-12(21-16)19(25)28-5-2/h6-8,20H,4-5H2,1-3H3,(H,22,23). The third-order valence-electron chi connectivity index (χ3n) is 4.07. The van der Waals surface area contributed by atoms with Gasteiger partial charge in [0.1, 0.15) is 22.7 Å². The lowest BCUT2D eigenvalue weighted by molar-refractivity contribution is 0.0510. The van der Waals surface area contributed by atoms with Gasteiger partial charge in [0.2, 0.25) is 0 Å². The van der Waals surface area contributed by atoms with Crippen LogP contribution in [0.4, 0.5) is 0 Å². The minimum absolute atomic E-state index is 0.122. The molecule has 9 heteroatoms. The molecule has 0 radical (unpaired) electrons. The number of aromatic amines is 1. The molecule has 0 saturated carbocycles. The predicted octanol–water partition coefficient (Wildman–Crippen LogP) is 2.78. The van der Waals surface area contributed by atoms with E-state index in [1.54, 1.807) is 26.0 Å². The lowest BCUT2D eigenvalue weighted by atomic mass is 10.0. The first-order valence-electron chi connectivity index (χ1n) is 8.53. The summed E-state index contributed by atoms with van der Waals surface area (Å²) < 4.78 is 15.3. The molecule has 0 bridgehead atoms. The molecule has 3 aromatic rings. The number of rotatable bonds is 6. The van der Waals surface area contributed by atoms with Crippen molar-refractivity contribution in [1.82, 2.24) is 9.97 Å². The average Bonchev–Trinajstić information content (AvgIpc) is 3.10. The van der Waals surface area contributed by atoms with Crippen molar-refractivity contribution in [1.29, 1.82) is 0 Å². The topological polar surface area (TPSA) is 128 Å². The van der Waals surface area contributed by atoms with Crippen LogP contribution in [0.2, 0.25) is 0 Å². The number of aromatic nitrogens is 2. The molecule has 2 N–H and O–H groups in total. The number of nitrogens with zero attached hydrogens (tertiary/aromatic N) is 1. The maximum absolute atomic E-state index is 12.1. The van der Waals surface area contributed by atoms with Crippen LogP contribution in [0.5, 0.6) is 5.75 Å². The van der Waals surface area contributed by atoms with Crippen LogP contribution in [0, 0.1) is 0 Å². The van der Waals surface area contributed by atoms with Crippen molar-refractivity contribution in [2.75, 3.05) is 20.3 Å². The number of carboxylic acid groups (broad SMARTS) is 1. The van der Waals surface area contributed by atoms with Gasteiger partial charge in [0.05, 0.1) is 31.4 Å². The van der Waals surface area contributed by atoms with Crippen molar-refractivity contribution in [3.05, 3.63) is 35.2 Å². The van der Waals surface area contributed by atoms with Crippen LogP contribution < -0.4 is 4.74 Å². The Balaban J connectivity index is 2.38. The van der Waals surface area contributed by atoms with E-state index in [0.29, 0.717) is 10.9 Å². The van der Waals surface area contributed by atoms with Gasteiger partial charge in [0.25, 0.3) is 0 Å². The van der Waals surface area contributed by atoms with E-state index in [1.165, 1.54) is 7.11 Å². The third kappa shape index (κ3) is 3.22. The highest BCUT2D eigenvalue weighted by molar-refractivity contribution is 6.17. The van der Waals surface area contributed by atoms with Crippen LogP contribution in [-0.2, 0) is 9.47 Å². The predicted molar refractivity (Wildman–Crippen MR) is 99.0 cm³/mol. The van der Waals surface area contributed by atoms with E-state index in [2.05, 4.69) is 9.97 Å². The number of carbonyl (C=O) groups excluding carboxylic acids is 2. The Morgan fingerprint density at radius 3 is 2.36 bits per heavy atom. The van der Waals surface area contributed by atoms with E-state index in [0.717, 1.165) is 6.07 Å². The van der Waals surface area contributed by atoms with Gasteiger partial charge in [0.15, 0.2) is 0 Å². The molecule has 0 unspecified atom stereocenters. The molecule has 146 valence electrons.